The van der Waals surface area contributed by atoms with E-state index in [1.807, 2.05) is 37.1 Å². The van der Waals surface area contributed by atoms with Crippen LogP contribution in [0.3, 0.4) is 0 Å². The summed E-state index contributed by atoms with van der Waals surface area (Å²) in [6.07, 6.45) is 2.52. The summed E-state index contributed by atoms with van der Waals surface area (Å²) in [5.41, 5.74) is 1.88. The second kappa shape index (κ2) is 4.81. The minimum absolute atomic E-state index is 0.125. The van der Waals surface area contributed by atoms with Gasteiger partial charge in [0.2, 0.25) is 0 Å². The van der Waals surface area contributed by atoms with Gasteiger partial charge in [0, 0.05) is 23.1 Å². The fourth-order valence-corrected chi connectivity index (χ4v) is 2.31. The number of hydrogen-bond acceptors (Lipinski definition) is 1. The molecule has 0 spiro atoms. The standard InChI is InChI=1S/C14H18BrNO/c1-9-8-12(6-7-13(9)15)14(17)16(3)10(2)11-4-5-11/h6-8,10-11H,4-5H2,1-3H3. The molecule has 2 rings (SSSR count). The highest BCUT2D eigenvalue weighted by Gasteiger charge is 2.32. The summed E-state index contributed by atoms with van der Waals surface area (Å²) in [4.78, 5) is 14.2. The van der Waals surface area contributed by atoms with Crippen LogP contribution in [0.1, 0.15) is 35.7 Å². The van der Waals surface area contributed by atoms with E-state index in [2.05, 4.69) is 22.9 Å². The van der Waals surface area contributed by atoms with Gasteiger partial charge in [-0.3, -0.25) is 4.79 Å². The van der Waals surface area contributed by atoms with Gasteiger partial charge in [0.15, 0.2) is 0 Å². The van der Waals surface area contributed by atoms with E-state index in [4.69, 9.17) is 0 Å². The normalized spacial score (nSPS) is 16.7. The van der Waals surface area contributed by atoms with E-state index in [9.17, 15) is 4.79 Å². The summed E-state index contributed by atoms with van der Waals surface area (Å²) in [5, 5.41) is 0. The molecule has 0 aromatic heterocycles. The van der Waals surface area contributed by atoms with Crippen LogP contribution < -0.4 is 0 Å². The predicted molar refractivity (Wildman–Crippen MR) is 73.2 cm³/mol. The Morgan fingerprint density at radius 1 is 1.47 bits per heavy atom. The molecule has 1 unspecified atom stereocenters. The quantitative estimate of drug-likeness (QED) is 0.834. The summed E-state index contributed by atoms with van der Waals surface area (Å²) in [6.45, 7) is 4.15. The highest BCUT2D eigenvalue weighted by molar-refractivity contribution is 9.10. The van der Waals surface area contributed by atoms with Crippen LogP contribution in [-0.2, 0) is 0 Å². The van der Waals surface area contributed by atoms with Crippen molar-refractivity contribution in [1.82, 2.24) is 4.90 Å². The second-order valence-electron chi connectivity index (χ2n) is 4.96. The van der Waals surface area contributed by atoms with Crippen LogP contribution in [0, 0.1) is 12.8 Å². The van der Waals surface area contributed by atoms with Crippen LogP contribution in [0.4, 0.5) is 0 Å². The van der Waals surface area contributed by atoms with Crippen molar-refractivity contribution in [3.8, 4) is 0 Å². The Bertz CT molecular complexity index is 440. The van der Waals surface area contributed by atoms with Gasteiger partial charge in [-0.15, -0.1) is 0 Å². The maximum absolute atomic E-state index is 12.3. The maximum Gasteiger partial charge on any atom is 0.253 e. The van der Waals surface area contributed by atoms with Crippen LogP contribution in [0.25, 0.3) is 0 Å². The molecule has 1 aromatic rings. The van der Waals surface area contributed by atoms with Crippen molar-refractivity contribution < 1.29 is 4.79 Å². The molecule has 1 aromatic carbocycles. The third-order valence-electron chi connectivity index (χ3n) is 3.64. The Hall–Kier alpha value is -0.830. The van der Waals surface area contributed by atoms with E-state index >= 15 is 0 Å². The molecule has 2 nitrogen and oxygen atoms in total. The number of nitrogens with zero attached hydrogens (tertiary/aromatic N) is 1. The van der Waals surface area contributed by atoms with Crippen molar-refractivity contribution in [2.75, 3.05) is 7.05 Å². The fraction of sp³-hybridized carbons (Fsp3) is 0.500. The highest BCUT2D eigenvalue weighted by Crippen LogP contribution is 2.35. The average molecular weight is 296 g/mol. The maximum atomic E-state index is 12.3. The van der Waals surface area contributed by atoms with E-state index in [1.165, 1.54) is 12.8 Å². The van der Waals surface area contributed by atoms with Crippen LogP contribution in [0.2, 0.25) is 0 Å². The van der Waals surface area contributed by atoms with Gasteiger partial charge in [-0.25, -0.2) is 0 Å². The van der Waals surface area contributed by atoms with Crippen LogP contribution in [-0.4, -0.2) is 23.9 Å². The van der Waals surface area contributed by atoms with E-state index in [0.717, 1.165) is 15.6 Å². The third-order valence-corrected chi connectivity index (χ3v) is 4.53. The van der Waals surface area contributed by atoms with Gasteiger partial charge >= 0.3 is 0 Å². The zero-order valence-corrected chi connectivity index (χ0v) is 12.1. The number of benzene rings is 1. The fourth-order valence-electron chi connectivity index (χ4n) is 2.06. The molecule has 0 aliphatic heterocycles. The largest absolute Gasteiger partial charge is 0.339 e. The zero-order chi connectivity index (χ0) is 12.6. The topological polar surface area (TPSA) is 20.3 Å². The molecular weight excluding hydrogens is 278 g/mol. The summed E-state index contributed by atoms with van der Waals surface area (Å²) in [6, 6.07) is 6.13. The van der Waals surface area contributed by atoms with Crippen LogP contribution in [0.15, 0.2) is 22.7 Å². The highest BCUT2D eigenvalue weighted by atomic mass is 79.9. The number of hydrogen-bond donors (Lipinski definition) is 0. The molecule has 0 N–H and O–H groups in total. The Morgan fingerprint density at radius 3 is 2.65 bits per heavy atom. The van der Waals surface area contributed by atoms with Crippen molar-refractivity contribution in [1.29, 1.82) is 0 Å². The Morgan fingerprint density at radius 2 is 2.12 bits per heavy atom. The summed E-state index contributed by atoms with van der Waals surface area (Å²) in [7, 11) is 1.91. The summed E-state index contributed by atoms with van der Waals surface area (Å²) < 4.78 is 1.05. The zero-order valence-electron chi connectivity index (χ0n) is 10.5. The summed E-state index contributed by atoms with van der Waals surface area (Å²) in [5.74, 6) is 0.834. The molecule has 1 saturated carbocycles. The molecule has 0 radical (unpaired) electrons. The number of halogens is 1. The van der Waals surface area contributed by atoms with E-state index < -0.39 is 0 Å². The molecule has 0 bridgehead atoms. The van der Waals surface area contributed by atoms with Crippen molar-refractivity contribution in [3.63, 3.8) is 0 Å². The Balaban J connectivity index is 2.15. The first-order valence-corrected chi connectivity index (χ1v) is 6.83. The minimum atomic E-state index is 0.125. The lowest BCUT2D eigenvalue weighted by atomic mass is 10.1. The predicted octanol–water partition coefficient (Wildman–Crippen LogP) is 3.63. The molecule has 17 heavy (non-hydrogen) atoms. The lowest BCUT2D eigenvalue weighted by Gasteiger charge is -2.25. The van der Waals surface area contributed by atoms with Gasteiger partial charge in [-0.1, -0.05) is 15.9 Å². The van der Waals surface area contributed by atoms with E-state index in [1.54, 1.807) is 0 Å². The van der Waals surface area contributed by atoms with Crippen LogP contribution in [0.5, 0.6) is 0 Å². The van der Waals surface area contributed by atoms with Crippen molar-refractivity contribution in [3.05, 3.63) is 33.8 Å². The van der Waals surface area contributed by atoms with E-state index in [-0.39, 0.29) is 5.91 Å². The van der Waals surface area contributed by atoms with Gasteiger partial charge in [0.25, 0.3) is 5.91 Å². The molecule has 1 aliphatic carbocycles. The van der Waals surface area contributed by atoms with Crippen molar-refractivity contribution >= 4 is 21.8 Å². The van der Waals surface area contributed by atoms with Crippen molar-refractivity contribution in [2.24, 2.45) is 5.92 Å². The molecule has 0 saturated heterocycles. The number of rotatable bonds is 3. The number of carbonyl (C=O) groups is 1. The molecule has 92 valence electrons. The molecule has 3 heteroatoms. The molecule has 1 aliphatic rings. The number of carbonyl (C=O) groups excluding carboxylic acids is 1. The van der Waals surface area contributed by atoms with Gasteiger partial charge in [-0.2, -0.15) is 0 Å². The molecule has 1 amide bonds. The number of amides is 1. The van der Waals surface area contributed by atoms with Gasteiger partial charge in [0.1, 0.15) is 0 Å². The average Bonchev–Trinajstić information content (AvgIpc) is 3.14. The molecule has 1 fully saturated rings. The lowest BCUT2D eigenvalue weighted by Crippen LogP contribution is -2.36. The van der Waals surface area contributed by atoms with Gasteiger partial charge < -0.3 is 4.90 Å². The Labute approximate surface area is 111 Å². The Kier molecular flexibility index (Phi) is 3.57. The first-order valence-electron chi connectivity index (χ1n) is 6.04. The molecule has 1 atom stereocenters. The first-order chi connectivity index (χ1) is 8.00. The third kappa shape index (κ3) is 2.71. The molecule has 0 heterocycles. The first kappa shape index (κ1) is 12.6. The SMILES string of the molecule is Cc1cc(C(=O)N(C)C(C)C2CC2)ccc1Br. The van der Waals surface area contributed by atoms with Gasteiger partial charge in [0.05, 0.1) is 0 Å². The summed E-state index contributed by atoms with van der Waals surface area (Å²) >= 11 is 3.45. The number of aryl methyl sites for hydroxylation is 1. The minimum Gasteiger partial charge on any atom is -0.339 e. The van der Waals surface area contributed by atoms with Crippen molar-refractivity contribution in [2.45, 2.75) is 32.7 Å². The second-order valence-corrected chi connectivity index (χ2v) is 5.81. The lowest BCUT2D eigenvalue weighted by molar-refractivity contribution is 0.0727. The smallest absolute Gasteiger partial charge is 0.253 e. The molecular formula is C14H18BrNO. The van der Waals surface area contributed by atoms with Gasteiger partial charge in [-0.05, 0) is 56.4 Å². The van der Waals surface area contributed by atoms with Crippen LogP contribution >= 0.6 is 15.9 Å². The monoisotopic (exact) mass is 295 g/mol. The van der Waals surface area contributed by atoms with E-state index in [0.29, 0.717) is 12.0 Å².